The molecule has 0 unspecified atom stereocenters. The third-order valence-corrected chi connectivity index (χ3v) is 5.69. The minimum atomic E-state index is -0.483. The molecule has 1 aliphatic rings. The van der Waals surface area contributed by atoms with E-state index in [1.165, 1.54) is 16.8 Å². The molecule has 1 aliphatic heterocycles. The highest BCUT2D eigenvalue weighted by molar-refractivity contribution is 5.94. The van der Waals surface area contributed by atoms with Gasteiger partial charge in [0.2, 0.25) is 0 Å². The van der Waals surface area contributed by atoms with Crippen LogP contribution < -0.4 is 4.74 Å². The fraction of sp³-hybridized carbons (Fsp3) is 0.292. The molecule has 35 heavy (non-hydrogen) atoms. The SMILES string of the molecule is CCOC(=O)N1CCN(C(=O)c2cc(-c3cccc(OC)c3)nn2-c2ccc([N+](=O)[O-])cc2)CC1. The Morgan fingerprint density at radius 3 is 2.34 bits per heavy atom. The summed E-state index contributed by atoms with van der Waals surface area (Å²) >= 11 is 0. The molecule has 0 aliphatic carbocycles. The normalized spacial score (nSPS) is 13.4. The van der Waals surface area contributed by atoms with Gasteiger partial charge in [0.1, 0.15) is 11.4 Å². The van der Waals surface area contributed by atoms with Crippen LogP contribution in [0.4, 0.5) is 10.5 Å². The van der Waals surface area contributed by atoms with Crippen molar-refractivity contribution in [2.75, 3.05) is 39.9 Å². The van der Waals surface area contributed by atoms with Crippen molar-refractivity contribution in [3.8, 4) is 22.7 Å². The third-order valence-electron chi connectivity index (χ3n) is 5.69. The van der Waals surface area contributed by atoms with Gasteiger partial charge in [0, 0.05) is 43.9 Å². The summed E-state index contributed by atoms with van der Waals surface area (Å²) in [5.74, 6) is 0.392. The predicted molar refractivity (Wildman–Crippen MR) is 127 cm³/mol. The average Bonchev–Trinajstić information content (AvgIpc) is 3.34. The van der Waals surface area contributed by atoms with Crippen molar-refractivity contribution in [1.29, 1.82) is 0 Å². The first-order valence-electron chi connectivity index (χ1n) is 11.1. The molecule has 4 rings (SSSR count). The van der Waals surface area contributed by atoms with Gasteiger partial charge in [-0.25, -0.2) is 9.48 Å². The summed E-state index contributed by atoms with van der Waals surface area (Å²) in [7, 11) is 1.57. The maximum atomic E-state index is 13.5. The lowest BCUT2D eigenvalue weighted by Gasteiger charge is -2.34. The number of aromatic nitrogens is 2. The molecular formula is C24H25N5O6. The van der Waals surface area contributed by atoms with Crippen molar-refractivity contribution in [1.82, 2.24) is 19.6 Å². The van der Waals surface area contributed by atoms with E-state index in [-0.39, 0.29) is 11.6 Å². The van der Waals surface area contributed by atoms with Crippen molar-refractivity contribution in [3.63, 3.8) is 0 Å². The van der Waals surface area contributed by atoms with Crippen LogP contribution >= 0.6 is 0 Å². The van der Waals surface area contributed by atoms with Crippen LogP contribution in [0.2, 0.25) is 0 Å². The quantitative estimate of drug-likeness (QED) is 0.393. The molecule has 2 amide bonds. The number of nitrogens with zero attached hydrogens (tertiary/aromatic N) is 5. The molecule has 0 saturated carbocycles. The molecule has 3 aromatic rings. The van der Waals surface area contributed by atoms with Crippen LogP contribution in [0.3, 0.4) is 0 Å². The number of ether oxygens (including phenoxy) is 2. The van der Waals surface area contributed by atoms with Crippen molar-refractivity contribution in [2.24, 2.45) is 0 Å². The van der Waals surface area contributed by atoms with Crippen molar-refractivity contribution >= 4 is 17.7 Å². The van der Waals surface area contributed by atoms with E-state index in [9.17, 15) is 19.7 Å². The molecule has 0 spiro atoms. The van der Waals surface area contributed by atoms with Crippen molar-refractivity contribution < 1.29 is 24.0 Å². The lowest BCUT2D eigenvalue weighted by Crippen LogP contribution is -2.51. The van der Waals surface area contributed by atoms with Gasteiger partial charge in [-0.1, -0.05) is 12.1 Å². The molecule has 11 nitrogen and oxygen atoms in total. The molecule has 0 atom stereocenters. The lowest BCUT2D eigenvalue weighted by molar-refractivity contribution is -0.384. The number of nitro benzene ring substituents is 1. The van der Waals surface area contributed by atoms with Crippen LogP contribution in [0.15, 0.2) is 54.6 Å². The van der Waals surface area contributed by atoms with Gasteiger partial charge in [0.05, 0.1) is 30.0 Å². The molecular weight excluding hydrogens is 454 g/mol. The Morgan fingerprint density at radius 1 is 1.03 bits per heavy atom. The van der Waals surface area contributed by atoms with Gasteiger partial charge in [-0.2, -0.15) is 5.10 Å². The molecule has 1 aromatic heterocycles. The number of carbonyl (C=O) groups is 2. The Hall–Kier alpha value is -4.41. The van der Waals surface area contributed by atoms with Crippen LogP contribution in [0, 0.1) is 10.1 Å². The second-order valence-corrected chi connectivity index (χ2v) is 7.81. The van der Waals surface area contributed by atoms with Gasteiger partial charge in [0.25, 0.3) is 11.6 Å². The van der Waals surface area contributed by atoms with Crippen LogP contribution in [0.25, 0.3) is 16.9 Å². The second-order valence-electron chi connectivity index (χ2n) is 7.81. The number of nitro groups is 1. The van der Waals surface area contributed by atoms with Crippen LogP contribution in [0.1, 0.15) is 17.4 Å². The van der Waals surface area contributed by atoms with E-state index in [0.29, 0.717) is 55.6 Å². The van der Waals surface area contributed by atoms with Crippen molar-refractivity contribution in [2.45, 2.75) is 6.92 Å². The van der Waals surface area contributed by atoms with Crippen molar-refractivity contribution in [3.05, 3.63) is 70.4 Å². The summed E-state index contributed by atoms with van der Waals surface area (Å²) in [4.78, 5) is 39.4. The smallest absolute Gasteiger partial charge is 0.409 e. The maximum absolute atomic E-state index is 13.5. The molecule has 0 radical (unpaired) electrons. The number of non-ortho nitro benzene ring substituents is 1. The minimum absolute atomic E-state index is 0.0584. The summed E-state index contributed by atoms with van der Waals surface area (Å²) in [6.45, 7) is 3.45. The van der Waals surface area contributed by atoms with E-state index in [1.807, 2.05) is 24.3 Å². The third kappa shape index (κ3) is 5.08. The van der Waals surface area contributed by atoms with Gasteiger partial charge in [-0.15, -0.1) is 0 Å². The zero-order valence-corrected chi connectivity index (χ0v) is 19.4. The number of piperazine rings is 1. The summed E-state index contributed by atoms with van der Waals surface area (Å²) in [6.07, 6.45) is -0.393. The fourth-order valence-corrected chi connectivity index (χ4v) is 3.84. The van der Waals surface area contributed by atoms with E-state index < -0.39 is 11.0 Å². The number of rotatable bonds is 6. The van der Waals surface area contributed by atoms with Crippen LogP contribution in [-0.4, -0.2) is 76.4 Å². The van der Waals surface area contributed by atoms with E-state index in [4.69, 9.17) is 9.47 Å². The fourth-order valence-electron chi connectivity index (χ4n) is 3.84. The molecule has 11 heteroatoms. The molecule has 2 aromatic carbocycles. The monoisotopic (exact) mass is 479 g/mol. The largest absolute Gasteiger partial charge is 0.497 e. The number of benzene rings is 2. The van der Waals surface area contributed by atoms with E-state index in [2.05, 4.69) is 5.10 Å². The average molecular weight is 479 g/mol. The molecule has 2 heterocycles. The second kappa shape index (κ2) is 10.2. The minimum Gasteiger partial charge on any atom is -0.497 e. The zero-order valence-electron chi connectivity index (χ0n) is 19.4. The number of carbonyl (C=O) groups excluding carboxylic acids is 2. The van der Waals surface area contributed by atoms with Crippen LogP contribution in [-0.2, 0) is 4.74 Å². The first kappa shape index (κ1) is 23.7. The number of amides is 2. The predicted octanol–water partition coefficient (Wildman–Crippen LogP) is 3.37. The number of hydrogen-bond donors (Lipinski definition) is 0. The standard InChI is InChI=1S/C24H25N5O6/c1-3-35-24(31)27-13-11-26(12-14-27)23(30)22-16-21(17-5-4-6-20(15-17)34-2)25-28(22)18-7-9-19(10-8-18)29(32)33/h4-10,15-16H,3,11-14H2,1-2H3. The summed E-state index contributed by atoms with van der Waals surface area (Å²) in [5.41, 5.74) is 2.07. The van der Waals surface area contributed by atoms with Gasteiger partial charge in [-0.05, 0) is 37.3 Å². The van der Waals surface area contributed by atoms with Gasteiger partial charge in [-0.3, -0.25) is 14.9 Å². The first-order valence-corrected chi connectivity index (χ1v) is 11.1. The Balaban J connectivity index is 1.66. The maximum Gasteiger partial charge on any atom is 0.409 e. The number of methoxy groups -OCH3 is 1. The zero-order chi connectivity index (χ0) is 24.9. The van der Waals surface area contributed by atoms with E-state index in [0.717, 1.165) is 5.56 Å². The number of hydrogen-bond acceptors (Lipinski definition) is 7. The Morgan fingerprint density at radius 2 is 1.71 bits per heavy atom. The van der Waals surface area contributed by atoms with Gasteiger partial charge >= 0.3 is 6.09 Å². The highest BCUT2D eigenvalue weighted by Crippen LogP contribution is 2.27. The molecule has 1 saturated heterocycles. The Bertz CT molecular complexity index is 1230. The molecule has 0 bridgehead atoms. The highest BCUT2D eigenvalue weighted by Gasteiger charge is 2.28. The van der Waals surface area contributed by atoms with E-state index in [1.54, 1.807) is 42.0 Å². The summed E-state index contributed by atoms with van der Waals surface area (Å²) < 4.78 is 11.8. The first-order chi connectivity index (χ1) is 16.9. The van der Waals surface area contributed by atoms with Gasteiger partial charge in [0.15, 0.2) is 0 Å². The Kier molecular flexibility index (Phi) is 6.95. The molecule has 182 valence electrons. The lowest BCUT2D eigenvalue weighted by atomic mass is 10.1. The van der Waals surface area contributed by atoms with Crippen LogP contribution in [0.5, 0.6) is 5.75 Å². The van der Waals surface area contributed by atoms with E-state index >= 15 is 0 Å². The topological polar surface area (TPSA) is 120 Å². The Labute approximate surface area is 201 Å². The molecule has 0 N–H and O–H groups in total. The summed E-state index contributed by atoms with van der Waals surface area (Å²) in [5, 5.41) is 15.7. The molecule has 1 fully saturated rings. The van der Waals surface area contributed by atoms with Gasteiger partial charge < -0.3 is 19.3 Å². The summed E-state index contributed by atoms with van der Waals surface area (Å²) in [6, 6.07) is 14.8. The highest BCUT2D eigenvalue weighted by atomic mass is 16.6.